The van der Waals surface area contributed by atoms with E-state index in [2.05, 4.69) is 10.3 Å². The molecule has 0 radical (unpaired) electrons. The van der Waals surface area contributed by atoms with Crippen LogP contribution in [0.25, 0.3) is 0 Å². The van der Waals surface area contributed by atoms with Gasteiger partial charge in [0.25, 0.3) is 0 Å². The lowest BCUT2D eigenvalue weighted by Gasteiger charge is -2.16. The molecule has 1 aromatic heterocycles. The third-order valence-electron chi connectivity index (χ3n) is 2.52. The molecule has 0 saturated carbocycles. The molecule has 1 N–H and O–H groups in total. The van der Waals surface area contributed by atoms with Crippen molar-refractivity contribution >= 4 is 0 Å². The van der Waals surface area contributed by atoms with Crippen molar-refractivity contribution in [2.24, 2.45) is 0 Å². The summed E-state index contributed by atoms with van der Waals surface area (Å²) in [7, 11) is 1.75. The summed E-state index contributed by atoms with van der Waals surface area (Å²) in [6, 6.07) is 8.94. The second-order valence-corrected chi connectivity index (χ2v) is 3.68. The fraction of sp³-hybridized carbons (Fsp3) is 0.154. The molecule has 0 aliphatic heterocycles. The van der Waals surface area contributed by atoms with Crippen molar-refractivity contribution in [3.63, 3.8) is 0 Å². The fourth-order valence-electron chi connectivity index (χ4n) is 1.73. The van der Waals surface area contributed by atoms with Gasteiger partial charge in [-0.1, -0.05) is 12.1 Å². The highest BCUT2D eigenvalue weighted by molar-refractivity contribution is 5.28. The van der Waals surface area contributed by atoms with Crippen LogP contribution < -0.4 is 5.32 Å². The van der Waals surface area contributed by atoms with Crippen molar-refractivity contribution in [3.8, 4) is 0 Å². The molecule has 0 aliphatic rings. The number of halogens is 2. The van der Waals surface area contributed by atoms with Gasteiger partial charge in [-0.3, -0.25) is 4.98 Å². The predicted molar refractivity (Wildman–Crippen MR) is 61.5 cm³/mol. The van der Waals surface area contributed by atoms with Crippen LogP contribution in [0.2, 0.25) is 0 Å². The molecule has 0 aliphatic carbocycles. The zero-order chi connectivity index (χ0) is 12.3. The number of nitrogens with one attached hydrogen (secondary N) is 1. The summed E-state index contributed by atoms with van der Waals surface area (Å²) in [6.45, 7) is 0. The van der Waals surface area contributed by atoms with Crippen molar-refractivity contribution in [2.75, 3.05) is 7.05 Å². The second kappa shape index (κ2) is 5.01. The van der Waals surface area contributed by atoms with Crippen LogP contribution in [0.15, 0.2) is 42.6 Å². The molecule has 0 spiro atoms. The highest BCUT2D eigenvalue weighted by Crippen LogP contribution is 2.20. The van der Waals surface area contributed by atoms with E-state index in [1.807, 2.05) is 0 Å². The quantitative estimate of drug-likeness (QED) is 0.883. The van der Waals surface area contributed by atoms with E-state index in [-0.39, 0.29) is 17.7 Å². The molecule has 4 heteroatoms. The third kappa shape index (κ3) is 2.65. The maximum atomic E-state index is 13.1. The maximum Gasteiger partial charge on any atom is 0.141 e. The fourth-order valence-corrected chi connectivity index (χ4v) is 1.73. The van der Waals surface area contributed by atoms with E-state index in [0.717, 1.165) is 11.8 Å². The van der Waals surface area contributed by atoms with Gasteiger partial charge in [0.05, 0.1) is 17.9 Å². The Morgan fingerprint density at radius 2 is 1.94 bits per heavy atom. The molecule has 0 bridgehead atoms. The van der Waals surface area contributed by atoms with Crippen LogP contribution >= 0.6 is 0 Å². The largest absolute Gasteiger partial charge is 0.308 e. The van der Waals surface area contributed by atoms with Crippen molar-refractivity contribution in [1.82, 2.24) is 10.3 Å². The van der Waals surface area contributed by atoms with Crippen LogP contribution in [0.1, 0.15) is 17.3 Å². The van der Waals surface area contributed by atoms with Crippen molar-refractivity contribution in [3.05, 3.63) is 65.5 Å². The highest BCUT2D eigenvalue weighted by atomic mass is 19.1. The molecule has 88 valence electrons. The number of rotatable bonds is 3. The van der Waals surface area contributed by atoms with E-state index >= 15 is 0 Å². The smallest absolute Gasteiger partial charge is 0.141 e. The minimum atomic E-state index is -0.386. The standard InChI is InChI=1S/C13H12F2N2/c1-16-13(9-3-2-4-10(14)7-9)12-6-5-11(15)8-17-12/h2-8,13,16H,1H3. The molecule has 0 amide bonds. The first-order chi connectivity index (χ1) is 8.20. The molecule has 1 atom stereocenters. The molecule has 1 aromatic carbocycles. The first-order valence-corrected chi connectivity index (χ1v) is 5.25. The van der Waals surface area contributed by atoms with Gasteiger partial charge in [0.15, 0.2) is 0 Å². The van der Waals surface area contributed by atoms with Gasteiger partial charge in [-0.25, -0.2) is 8.78 Å². The second-order valence-electron chi connectivity index (χ2n) is 3.68. The van der Waals surface area contributed by atoms with Crippen LogP contribution in [0.3, 0.4) is 0 Å². The van der Waals surface area contributed by atoms with Gasteiger partial charge in [-0.05, 0) is 36.9 Å². The van der Waals surface area contributed by atoms with E-state index in [0.29, 0.717) is 5.69 Å². The van der Waals surface area contributed by atoms with E-state index in [1.165, 1.54) is 18.2 Å². The van der Waals surface area contributed by atoms with Gasteiger partial charge in [0.2, 0.25) is 0 Å². The Bertz CT molecular complexity index is 497. The van der Waals surface area contributed by atoms with Gasteiger partial charge in [-0.2, -0.15) is 0 Å². The Hall–Kier alpha value is -1.81. The molecule has 1 heterocycles. The third-order valence-corrected chi connectivity index (χ3v) is 2.52. The summed E-state index contributed by atoms with van der Waals surface area (Å²) in [6.07, 6.45) is 1.15. The Balaban J connectivity index is 2.36. The zero-order valence-electron chi connectivity index (χ0n) is 9.32. The molecule has 0 saturated heterocycles. The minimum Gasteiger partial charge on any atom is -0.308 e. The maximum absolute atomic E-state index is 13.1. The lowest BCUT2D eigenvalue weighted by Crippen LogP contribution is -2.19. The molecular weight excluding hydrogens is 222 g/mol. The summed E-state index contributed by atoms with van der Waals surface area (Å²) in [4.78, 5) is 4.00. The van der Waals surface area contributed by atoms with E-state index in [9.17, 15) is 8.78 Å². The monoisotopic (exact) mass is 234 g/mol. The lowest BCUT2D eigenvalue weighted by molar-refractivity contribution is 0.602. The first kappa shape index (κ1) is 11.7. The molecule has 2 rings (SSSR count). The van der Waals surface area contributed by atoms with Crippen LogP contribution in [-0.2, 0) is 0 Å². The van der Waals surface area contributed by atoms with Crippen molar-refractivity contribution in [1.29, 1.82) is 0 Å². The minimum absolute atomic E-state index is 0.244. The Morgan fingerprint density at radius 1 is 1.12 bits per heavy atom. The summed E-state index contributed by atoms with van der Waals surface area (Å²) in [5.74, 6) is -0.687. The molecular formula is C13H12F2N2. The topological polar surface area (TPSA) is 24.9 Å². The lowest BCUT2D eigenvalue weighted by atomic mass is 10.0. The number of benzene rings is 1. The van der Waals surface area contributed by atoms with Gasteiger partial charge in [-0.15, -0.1) is 0 Å². The summed E-state index contributed by atoms with van der Waals surface area (Å²) < 4.78 is 25.9. The Morgan fingerprint density at radius 3 is 2.53 bits per heavy atom. The number of hydrogen-bond donors (Lipinski definition) is 1. The number of hydrogen-bond acceptors (Lipinski definition) is 2. The first-order valence-electron chi connectivity index (χ1n) is 5.25. The molecule has 2 nitrogen and oxygen atoms in total. The summed E-state index contributed by atoms with van der Waals surface area (Å²) in [5, 5.41) is 3.03. The van der Waals surface area contributed by atoms with Crippen LogP contribution in [-0.4, -0.2) is 12.0 Å². The SMILES string of the molecule is CNC(c1cccc(F)c1)c1ccc(F)cn1. The molecule has 0 fully saturated rings. The van der Waals surface area contributed by atoms with Crippen molar-refractivity contribution < 1.29 is 8.78 Å². The average Bonchev–Trinajstić information content (AvgIpc) is 2.33. The van der Waals surface area contributed by atoms with Gasteiger partial charge >= 0.3 is 0 Å². The average molecular weight is 234 g/mol. The van der Waals surface area contributed by atoms with Crippen LogP contribution in [0.4, 0.5) is 8.78 Å². The molecule has 17 heavy (non-hydrogen) atoms. The number of aromatic nitrogens is 1. The molecule has 1 unspecified atom stereocenters. The normalized spacial score (nSPS) is 12.4. The predicted octanol–water partition coefficient (Wildman–Crippen LogP) is 2.67. The van der Waals surface area contributed by atoms with Crippen molar-refractivity contribution in [2.45, 2.75) is 6.04 Å². The Kier molecular flexibility index (Phi) is 3.44. The summed E-state index contributed by atoms with van der Waals surface area (Å²) >= 11 is 0. The molecule has 2 aromatic rings. The van der Waals surface area contributed by atoms with E-state index in [4.69, 9.17) is 0 Å². The summed E-state index contributed by atoms with van der Waals surface area (Å²) in [5.41, 5.74) is 1.41. The van der Waals surface area contributed by atoms with Gasteiger partial charge < -0.3 is 5.32 Å². The number of pyridine rings is 1. The Labute approximate surface area is 98.3 Å². The van der Waals surface area contributed by atoms with Gasteiger partial charge in [0.1, 0.15) is 11.6 Å². The highest BCUT2D eigenvalue weighted by Gasteiger charge is 2.13. The van der Waals surface area contributed by atoms with Crippen LogP contribution in [0.5, 0.6) is 0 Å². The number of nitrogens with zero attached hydrogens (tertiary/aromatic N) is 1. The van der Waals surface area contributed by atoms with Crippen LogP contribution in [0, 0.1) is 11.6 Å². The van der Waals surface area contributed by atoms with Gasteiger partial charge in [0, 0.05) is 0 Å². The van der Waals surface area contributed by atoms with E-state index < -0.39 is 0 Å². The zero-order valence-corrected chi connectivity index (χ0v) is 9.32. The van der Waals surface area contributed by atoms with E-state index in [1.54, 1.807) is 25.2 Å².